The highest BCUT2D eigenvalue weighted by molar-refractivity contribution is 5.60. The Morgan fingerprint density at radius 2 is 1.86 bits per heavy atom. The van der Waals surface area contributed by atoms with E-state index in [0.717, 1.165) is 5.56 Å². The molecule has 0 spiro atoms. The van der Waals surface area contributed by atoms with E-state index in [9.17, 15) is 13.2 Å². The van der Waals surface area contributed by atoms with E-state index >= 15 is 0 Å². The molecule has 4 rings (SSSR count). The number of alkyl halides is 2. The number of benzene rings is 2. The summed E-state index contributed by atoms with van der Waals surface area (Å²) in [7, 11) is 0. The largest absolute Gasteiger partial charge is 0.435 e. The first kappa shape index (κ1) is 17.8. The van der Waals surface area contributed by atoms with Crippen molar-refractivity contribution in [2.24, 2.45) is 0 Å². The average Bonchev–Trinajstić information content (AvgIpc) is 3.10. The van der Waals surface area contributed by atoms with E-state index < -0.39 is 12.4 Å². The van der Waals surface area contributed by atoms with Gasteiger partial charge >= 0.3 is 6.61 Å². The van der Waals surface area contributed by atoms with Gasteiger partial charge in [-0.15, -0.1) is 15.3 Å². The Morgan fingerprint density at radius 1 is 1.00 bits per heavy atom. The van der Waals surface area contributed by atoms with Gasteiger partial charge in [-0.1, -0.05) is 24.3 Å². The molecule has 0 aliphatic carbocycles. The lowest BCUT2D eigenvalue weighted by atomic mass is 10.2. The highest BCUT2D eigenvalue weighted by Gasteiger charge is 2.13. The number of rotatable bonds is 6. The molecule has 6 nitrogen and oxygen atoms in total. The van der Waals surface area contributed by atoms with Crippen LogP contribution in [0, 0.1) is 5.82 Å². The zero-order valence-corrected chi connectivity index (χ0v) is 14.4. The van der Waals surface area contributed by atoms with Crippen molar-refractivity contribution in [3.8, 4) is 17.1 Å². The molecule has 142 valence electrons. The summed E-state index contributed by atoms with van der Waals surface area (Å²) in [4.78, 5) is 0. The molecule has 2 aromatic heterocycles. The third-order valence-corrected chi connectivity index (χ3v) is 3.97. The predicted octanol–water partition coefficient (Wildman–Crippen LogP) is 4.14. The quantitative estimate of drug-likeness (QED) is 0.540. The number of anilines is 1. The fourth-order valence-electron chi connectivity index (χ4n) is 2.72. The van der Waals surface area contributed by atoms with Crippen LogP contribution in [0.5, 0.6) is 5.75 Å². The van der Waals surface area contributed by atoms with Crippen LogP contribution in [0.3, 0.4) is 0 Å². The summed E-state index contributed by atoms with van der Waals surface area (Å²) < 4.78 is 44.6. The van der Waals surface area contributed by atoms with Crippen LogP contribution in [0.25, 0.3) is 17.0 Å². The van der Waals surface area contributed by atoms with Crippen molar-refractivity contribution in [3.05, 3.63) is 72.0 Å². The summed E-state index contributed by atoms with van der Waals surface area (Å²) in [5.74, 6) is 0.431. The second-order valence-corrected chi connectivity index (χ2v) is 5.87. The molecule has 28 heavy (non-hydrogen) atoms. The van der Waals surface area contributed by atoms with Crippen molar-refractivity contribution in [1.82, 2.24) is 19.8 Å². The molecule has 0 saturated carbocycles. The monoisotopic (exact) mass is 385 g/mol. The molecule has 1 N–H and O–H groups in total. The van der Waals surface area contributed by atoms with Gasteiger partial charge in [-0.3, -0.25) is 0 Å². The number of ether oxygens (including phenoxy) is 1. The SMILES string of the molecule is Fc1ccccc1-c1nnc2ccc(NCc3cccc(OC(F)F)c3)nn12. The van der Waals surface area contributed by atoms with E-state index in [1.54, 1.807) is 42.5 Å². The number of nitrogens with one attached hydrogen (secondary N) is 1. The van der Waals surface area contributed by atoms with Gasteiger partial charge in [-0.25, -0.2) is 4.39 Å². The van der Waals surface area contributed by atoms with Crippen LogP contribution in [-0.2, 0) is 6.54 Å². The zero-order chi connectivity index (χ0) is 19.5. The lowest BCUT2D eigenvalue weighted by molar-refractivity contribution is -0.0498. The number of fused-ring (bicyclic) bond motifs is 1. The molecule has 2 heterocycles. The van der Waals surface area contributed by atoms with Crippen LogP contribution in [0.1, 0.15) is 5.56 Å². The van der Waals surface area contributed by atoms with Crippen molar-refractivity contribution in [2.75, 3.05) is 5.32 Å². The van der Waals surface area contributed by atoms with E-state index in [1.165, 1.54) is 22.7 Å². The van der Waals surface area contributed by atoms with E-state index in [1.807, 2.05) is 0 Å². The van der Waals surface area contributed by atoms with Gasteiger partial charge in [0.05, 0.1) is 5.56 Å². The fourth-order valence-corrected chi connectivity index (χ4v) is 2.72. The molecule has 0 radical (unpaired) electrons. The van der Waals surface area contributed by atoms with Crippen LogP contribution in [0.15, 0.2) is 60.7 Å². The molecular weight excluding hydrogens is 371 g/mol. The first-order valence-electron chi connectivity index (χ1n) is 8.35. The Morgan fingerprint density at radius 3 is 2.68 bits per heavy atom. The standard InChI is InChI=1S/C19H14F3N5O/c20-15-7-2-1-6-14(15)18-25-24-17-9-8-16(26-27(17)18)23-11-12-4-3-5-13(10-12)28-19(21)22/h1-10,19H,11H2,(H,23,26). The third-order valence-electron chi connectivity index (χ3n) is 3.97. The molecular formula is C19H14F3N5O. The summed E-state index contributed by atoms with van der Waals surface area (Å²) in [5.41, 5.74) is 1.49. The summed E-state index contributed by atoms with van der Waals surface area (Å²) in [6.45, 7) is -2.55. The average molecular weight is 385 g/mol. The van der Waals surface area contributed by atoms with E-state index in [0.29, 0.717) is 18.0 Å². The molecule has 0 aliphatic heterocycles. The minimum atomic E-state index is -2.88. The highest BCUT2D eigenvalue weighted by atomic mass is 19.3. The van der Waals surface area contributed by atoms with Crippen molar-refractivity contribution in [1.29, 1.82) is 0 Å². The minimum Gasteiger partial charge on any atom is -0.435 e. The van der Waals surface area contributed by atoms with Gasteiger partial charge < -0.3 is 10.1 Å². The molecule has 0 fully saturated rings. The number of halogens is 3. The Hall–Kier alpha value is -3.62. The number of aromatic nitrogens is 4. The molecule has 0 atom stereocenters. The van der Waals surface area contributed by atoms with Gasteiger partial charge in [0, 0.05) is 6.54 Å². The molecule has 4 aromatic rings. The van der Waals surface area contributed by atoms with E-state index in [4.69, 9.17) is 0 Å². The molecule has 0 aliphatic rings. The Bertz CT molecular complexity index is 1120. The summed E-state index contributed by atoms with van der Waals surface area (Å²) >= 11 is 0. The lowest BCUT2D eigenvalue weighted by Gasteiger charge is -2.09. The topological polar surface area (TPSA) is 64.3 Å². The fraction of sp³-hybridized carbons (Fsp3) is 0.105. The van der Waals surface area contributed by atoms with Crippen LogP contribution in [-0.4, -0.2) is 26.4 Å². The summed E-state index contributed by atoms with van der Waals surface area (Å²) in [6, 6.07) is 16.0. The highest BCUT2D eigenvalue weighted by Crippen LogP contribution is 2.22. The second-order valence-electron chi connectivity index (χ2n) is 5.87. The smallest absolute Gasteiger partial charge is 0.387 e. The molecule has 2 aromatic carbocycles. The Kier molecular flexibility index (Phi) is 4.79. The van der Waals surface area contributed by atoms with Gasteiger partial charge in [0.15, 0.2) is 11.5 Å². The first-order valence-corrected chi connectivity index (χ1v) is 8.35. The van der Waals surface area contributed by atoms with E-state index in [2.05, 4.69) is 25.3 Å². The lowest BCUT2D eigenvalue weighted by Crippen LogP contribution is -2.06. The molecule has 0 amide bonds. The van der Waals surface area contributed by atoms with Crippen molar-refractivity contribution in [3.63, 3.8) is 0 Å². The van der Waals surface area contributed by atoms with Crippen molar-refractivity contribution < 1.29 is 17.9 Å². The number of nitrogens with zero attached hydrogens (tertiary/aromatic N) is 4. The number of hydrogen-bond donors (Lipinski definition) is 1. The van der Waals surface area contributed by atoms with Crippen LogP contribution >= 0.6 is 0 Å². The molecule has 0 saturated heterocycles. The van der Waals surface area contributed by atoms with Gasteiger partial charge in [0.1, 0.15) is 17.4 Å². The van der Waals surface area contributed by atoms with Crippen LogP contribution in [0.2, 0.25) is 0 Å². The Balaban J connectivity index is 1.57. The maximum absolute atomic E-state index is 14.1. The second kappa shape index (κ2) is 7.55. The van der Waals surface area contributed by atoms with E-state index in [-0.39, 0.29) is 17.1 Å². The van der Waals surface area contributed by atoms with Gasteiger partial charge in [0.2, 0.25) is 0 Å². The van der Waals surface area contributed by atoms with Crippen LogP contribution < -0.4 is 10.1 Å². The van der Waals surface area contributed by atoms with Crippen LogP contribution in [0.4, 0.5) is 19.0 Å². The zero-order valence-electron chi connectivity index (χ0n) is 14.4. The molecule has 0 bridgehead atoms. The maximum atomic E-state index is 14.1. The first-order chi connectivity index (χ1) is 13.6. The van der Waals surface area contributed by atoms with Crippen molar-refractivity contribution in [2.45, 2.75) is 13.2 Å². The summed E-state index contributed by atoms with van der Waals surface area (Å²) in [6.07, 6.45) is 0. The normalized spacial score (nSPS) is 11.1. The minimum absolute atomic E-state index is 0.0818. The maximum Gasteiger partial charge on any atom is 0.387 e. The third kappa shape index (κ3) is 3.73. The van der Waals surface area contributed by atoms with Crippen molar-refractivity contribution >= 4 is 11.5 Å². The molecule has 9 heteroatoms. The predicted molar refractivity (Wildman–Crippen MR) is 96.6 cm³/mol. The summed E-state index contributed by atoms with van der Waals surface area (Å²) in [5, 5.41) is 15.5. The Labute approximate surface area is 157 Å². The van der Waals surface area contributed by atoms with Gasteiger partial charge in [-0.05, 0) is 42.0 Å². The molecule has 0 unspecified atom stereocenters. The van der Waals surface area contributed by atoms with Gasteiger partial charge in [-0.2, -0.15) is 13.3 Å². The number of hydrogen-bond acceptors (Lipinski definition) is 5. The van der Waals surface area contributed by atoms with Gasteiger partial charge in [0.25, 0.3) is 0 Å².